The van der Waals surface area contributed by atoms with E-state index in [0.29, 0.717) is 13.2 Å². The molecule has 0 aromatic heterocycles. The highest BCUT2D eigenvalue weighted by Gasteiger charge is 2.24. The largest absolute Gasteiger partial charge is 0.252 e. The highest BCUT2D eigenvalue weighted by molar-refractivity contribution is 9.09. The molecule has 0 fully saturated rings. The molecule has 0 aliphatic rings. The Kier molecular flexibility index (Phi) is 11.7. The zero-order valence-corrected chi connectivity index (χ0v) is 19.0. The number of halogens is 1. The van der Waals surface area contributed by atoms with Crippen molar-refractivity contribution in [2.75, 3.05) is 13.2 Å². The first-order valence-electron chi connectivity index (χ1n) is 10.1. The lowest BCUT2D eigenvalue weighted by Crippen LogP contribution is -2.22. The Hall–Kier alpha value is -0.460. The van der Waals surface area contributed by atoms with Gasteiger partial charge in [-0.3, -0.25) is 5.26 Å². The quantitative estimate of drug-likeness (QED) is 0.135. The van der Waals surface area contributed by atoms with Crippen LogP contribution in [0.1, 0.15) is 90.2 Å². The van der Waals surface area contributed by atoms with Crippen molar-refractivity contribution in [1.82, 2.24) is 0 Å². The van der Waals surface area contributed by atoms with E-state index in [1.165, 1.54) is 37.7 Å². The van der Waals surface area contributed by atoms with Gasteiger partial charge in [0.05, 0.1) is 13.2 Å². The molecule has 0 spiro atoms. The minimum absolute atomic E-state index is 0.0269. The molecule has 0 aliphatic carbocycles. The first-order valence-corrected chi connectivity index (χ1v) is 10.9. The second kappa shape index (κ2) is 12.9. The number of unbranched alkanes of at least 4 members (excludes halogenated alkanes) is 7. The van der Waals surface area contributed by atoms with Crippen LogP contribution in [-0.2, 0) is 24.6 Å². The molecule has 0 heterocycles. The van der Waals surface area contributed by atoms with Crippen molar-refractivity contribution in [2.24, 2.45) is 0 Å². The van der Waals surface area contributed by atoms with Crippen LogP contribution in [0.2, 0.25) is 0 Å². The highest BCUT2D eigenvalue weighted by atomic mass is 79.9. The summed E-state index contributed by atoms with van der Waals surface area (Å²) in [6.07, 6.45) is 9.19. The summed E-state index contributed by atoms with van der Waals surface area (Å²) in [5, 5.41) is 8.24. The smallest absolute Gasteiger partial charge is 0.123 e. The molecule has 0 saturated carbocycles. The van der Waals surface area contributed by atoms with Gasteiger partial charge in [-0.05, 0) is 51.7 Å². The van der Waals surface area contributed by atoms with Crippen molar-refractivity contribution >= 4 is 15.9 Å². The van der Waals surface area contributed by atoms with Crippen LogP contribution >= 0.6 is 15.9 Å². The minimum Gasteiger partial charge on any atom is -0.252 e. The van der Waals surface area contributed by atoms with Crippen molar-refractivity contribution in [3.63, 3.8) is 0 Å². The van der Waals surface area contributed by atoms with E-state index in [-0.39, 0.29) is 4.32 Å². The van der Waals surface area contributed by atoms with Crippen molar-refractivity contribution in [2.45, 2.75) is 89.0 Å². The fraction of sp³-hybridized carbons (Fsp3) is 0.727. The molecule has 0 atom stereocenters. The topological polar surface area (TPSA) is 47.9 Å². The molecule has 1 rings (SSSR count). The number of hydrogen-bond donors (Lipinski definition) is 1. The van der Waals surface area contributed by atoms with Crippen LogP contribution < -0.4 is 0 Å². The third kappa shape index (κ3) is 10.6. The summed E-state index contributed by atoms with van der Waals surface area (Å²) in [4.78, 5) is 15.2. The van der Waals surface area contributed by atoms with Crippen LogP contribution in [0.4, 0.5) is 0 Å². The number of benzene rings is 1. The Morgan fingerprint density at radius 1 is 0.741 bits per heavy atom. The normalized spacial score (nSPS) is 12.5. The van der Waals surface area contributed by atoms with Crippen molar-refractivity contribution in [3.8, 4) is 0 Å². The molecule has 4 nitrogen and oxygen atoms in total. The third-order valence-corrected chi connectivity index (χ3v) is 5.20. The van der Waals surface area contributed by atoms with E-state index in [1.807, 2.05) is 13.8 Å². The molecule has 1 aromatic carbocycles. The summed E-state index contributed by atoms with van der Waals surface area (Å²) < 4.78 is -0.0269. The fourth-order valence-corrected chi connectivity index (χ4v) is 3.16. The van der Waals surface area contributed by atoms with Gasteiger partial charge in [0.25, 0.3) is 0 Å². The van der Waals surface area contributed by atoms with Gasteiger partial charge < -0.3 is 0 Å². The Morgan fingerprint density at radius 2 is 1.19 bits per heavy atom. The molecule has 0 aliphatic heterocycles. The molecule has 0 unspecified atom stereocenters. The molecule has 27 heavy (non-hydrogen) atoms. The summed E-state index contributed by atoms with van der Waals surface area (Å²) >= 11 is 3.69. The lowest BCUT2D eigenvalue weighted by atomic mass is 9.94. The molecule has 0 saturated heterocycles. The molecule has 1 N–H and O–H groups in total. The Labute approximate surface area is 173 Å². The Morgan fingerprint density at radius 3 is 1.67 bits per heavy atom. The van der Waals surface area contributed by atoms with Crippen LogP contribution in [-0.4, -0.2) is 18.5 Å². The Balaban J connectivity index is 2.13. The standard InChI is InChI=1S/C22H37BrO4/c1-21(2,23)19-13-15-20(16-14-19)22(3,4)27-26-18-12-10-8-6-5-7-9-11-17-25-24/h13-16,24H,5-12,17-18H2,1-4H3. The predicted molar refractivity (Wildman–Crippen MR) is 114 cm³/mol. The third-order valence-electron chi connectivity index (χ3n) is 4.75. The van der Waals surface area contributed by atoms with Crippen LogP contribution in [0.15, 0.2) is 24.3 Å². The Bertz CT molecular complexity index is 494. The van der Waals surface area contributed by atoms with E-state index in [4.69, 9.17) is 15.0 Å². The van der Waals surface area contributed by atoms with Gasteiger partial charge in [0, 0.05) is 4.32 Å². The van der Waals surface area contributed by atoms with Gasteiger partial charge in [-0.2, -0.15) is 0 Å². The average Bonchev–Trinajstić information content (AvgIpc) is 2.62. The maximum absolute atomic E-state index is 8.24. The predicted octanol–water partition coefficient (Wildman–Crippen LogP) is 7.11. The average molecular weight is 445 g/mol. The van der Waals surface area contributed by atoms with Crippen LogP contribution in [0, 0.1) is 0 Å². The molecular weight excluding hydrogens is 408 g/mol. The maximum atomic E-state index is 8.24. The fourth-order valence-electron chi connectivity index (χ4n) is 2.89. The second-order valence-electron chi connectivity index (χ2n) is 8.13. The van der Waals surface area contributed by atoms with Gasteiger partial charge in [-0.25, -0.2) is 14.7 Å². The summed E-state index contributed by atoms with van der Waals surface area (Å²) in [5.74, 6) is 0. The van der Waals surface area contributed by atoms with Crippen LogP contribution in [0.5, 0.6) is 0 Å². The van der Waals surface area contributed by atoms with Crippen LogP contribution in [0.25, 0.3) is 0 Å². The van der Waals surface area contributed by atoms with Crippen molar-refractivity contribution in [1.29, 1.82) is 0 Å². The molecular formula is C22H37BrO4. The summed E-state index contributed by atoms with van der Waals surface area (Å²) in [6, 6.07) is 8.47. The zero-order chi connectivity index (χ0) is 20.2. The van der Waals surface area contributed by atoms with E-state index < -0.39 is 5.60 Å². The molecule has 0 radical (unpaired) electrons. The van der Waals surface area contributed by atoms with E-state index in [1.54, 1.807) is 0 Å². The highest BCUT2D eigenvalue weighted by Crippen LogP contribution is 2.32. The molecule has 5 heteroatoms. The van der Waals surface area contributed by atoms with Crippen LogP contribution in [0.3, 0.4) is 0 Å². The number of alkyl halides is 1. The van der Waals surface area contributed by atoms with E-state index >= 15 is 0 Å². The lowest BCUT2D eigenvalue weighted by molar-refractivity contribution is -0.358. The zero-order valence-electron chi connectivity index (χ0n) is 17.4. The van der Waals surface area contributed by atoms with Gasteiger partial charge in [0.1, 0.15) is 5.60 Å². The van der Waals surface area contributed by atoms with Gasteiger partial charge in [0.2, 0.25) is 0 Å². The maximum Gasteiger partial charge on any atom is 0.123 e. The number of hydrogen-bond acceptors (Lipinski definition) is 4. The summed E-state index contributed by atoms with van der Waals surface area (Å²) in [7, 11) is 0. The van der Waals surface area contributed by atoms with E-state index in [0.717, 1.165) is 24.8 Å². The summed E-state index contributed by atoms with van der Waals surface area (Å²) in [5.41, 5.74) is 1.88. The van der Waals surface area contributed by atoms with Gasteiger partial charge in [0.15, 0.2) is 0 Å². The monoisotopic (exact) mass is 444 g/mol. The van der Waals surface area contributed by atoms with E-state index in [9.17, 15) is 0 Å². The molecule has 1 aromatic rings. The molecule has 0 bridgehead atoms. The lowest BCUT2D eigenvalue weighted by Gasteiger charge is -2.25. The van der Waals surface area contributed by atoms with Crippen molar-refractivity contribution in [3.05, 3.63) is 35.4 Å². The SMILES string of the molecule is CC(C)(Br)c1ccc(C(C)(C)OOCCCCCCCCCCOO)cc1. The second-order valence-corrected chi connectivity index (χ2v) is 10.1. The van der Waals surface area contributed by atoms with Crippen molar-refractivity contribution < 1.29 is 19.9 Å². The number of rotatable bonds is 15. The van der Waals surface area contributed by atoms with Gasteiger partial charge >= 0.3 is 0 Å². The van der Waals surface area contributed by atoms with Gasteiger partial charge in [-0.15, -0.1) is 0 Å². The van der Waals surface area contributed by atoms with Gasteiger partial charge in [-0.1, -0.05) is 78.7 Å². The first kappa shape index (κ1) is 24.6. The molecule has 156 valence electrons. The molecule has 0 amide bonds. The summed E-state index contributed by atoms with van der Waals surface area (Å²) in [6.45, 7) is 9.42. The first-order chi connectivity index (χ1) is 12.8. The van der Waals surface area contributed by atoms with E-state index in [2.05, 4.69) is 58.9 Å². The minimum atomic E-state index is -0.465.